The van der Waals surface area contributed by atoms with Crippen LogP contribution in [0.2, 0.25) is 0 Å². The van der Waals surface area contributed by atoms with Crippen LogP contribution < -0.4 is 0 Å². The van der Waals surface area contributed by atoms with Gasteiger partial charge in [0.1, 0.15) is 0 Å². The van der Waals surface area contributed by atoms with Gasteiger partial charge < -0.3 is 10.0 Å². The van der Waals surface area contributed by atoms with E-state index in [1.807, 2.05) is 20.8 Å². The largest absolute Gasteiger partial charge is 0.481 e. The van der Waals surface area contributed by atoms with Crippen LogP contribution in [0, 0.1) is 17.3 Å². The number of nitrogens with zero attached hydrogens (tertiary/aromatic N) is 1. The van der Waals surface area contributed by atoms with Crippen LogP contribution in [0.25, 0.3) is 0 Å². The maximum atomic E-state index is 12.2. The molecule has 0 spiro atoms. The molecule has 1 amide bonds. The predicted octanol–water partition coefficient (Wildman–Crippen LogP) is 1.99. The summed E-state index contributed by atoms with van der Waals surface area (Å²) >= 11 is 0. The van der Waals surface area contributed by atoms with Gasteiger partial charge in [-0.1, -0.05) is 27.2 Å². The lowest BCUT2D eigenvalue weighted by Gasteiger charge is -2.25. The van der Waals surface area contributed by atoms with Gasteiger partial charge in [-0.15, -0.1) is 0 Å². The second kappa shape index (κ2) is 4.67. The highest BCUT2D eigenvalue weighted by Crippen LogP contribution is 2.59. The SMILES string of the molecule is CCCC(C)N(C)C(=O)[C@H]1[C@@H](C(=O)O)C1(C)C. The normalized spacial score (nSPS) is 27.4. The topological polar surface area (TPSA) is 57.6 Å². The molecule has 0 aliphatic heterocycles. The summed E-state index contributed by atoms with van der Waals surface area (Å²) in [6, 6.07) is 0.179. The highest BCUT2D eigenvalue weighted by atomic mass is 16.4. The van der Waals surface area contributed by atoms with Crippen LogP contribution >= 0.6 is 0 Å². The number of rotatable bonds is 5. The Bertz CT molecular complexity index is 325. The van der Waals surface area contributed by atoms with E-state index >= 15 is 0 Å². The molecule has 0 heterocycles. The van der Waals surface area contributed by atoms with Crippen molar-refractivity contribution in [3.05, 3.63) is 0 Å². The molecule has 1 rings (SSSR count). The average molecular weight is 241 g/mol. The Hall–Kier alpha value is -1.06. The molecular formula is C13H23NO3. The standard InChI is InChI=1S/C13H23NO3/c1-6-7-8(2)14(5)11(15)9-10(12(16)17)13(9,3)4/h8-10H,6-7H2,1-5H3,(H,16,17)/t8?,9-,10+/m1/s1. The van der Waals surface area contributed by atoms with Gasteiger partial charge in [-0.3, -0.25) is 9.59 Å². The molecule has 0 aromatic carbocycles. The Morgan fingerprint density at radius 1 is 1.35 bits per heavy atom. The summed E-state index contributed by atoms with van der Waals surface area (Å²) in [7, 11) is 1.77. The Kier molecular flexibility index (Phi) is 3.84. The van der Waals surface area contributed by atoms with Crippen molar-refractivity contribution >= 4 is 11.9 Å². The Morgan fingerprint density at radius 3 is 2.24 bits per heavy atom. The lowest BCUT2D eigenvalue weighted by molar-refractivity contribution is -0.142. The summed E-state index contributed by atoms with van der Waals surface area (Å²) in [5, 5.41) is 9.06. The van der Waals surface area contributed by atoms with E-state index in [0.717, 1.165) is 12.8 Å². The first-order valence-corrected chi connectivity index (χ1v) is 6.24. The van der Waals surface area contributed by atoms with Crippen molar-refractivity contribution in [2.45, 2.75) is 46.6 Å². The van der Waals surface area contributed by atoms with Crippen molar-refractivity contribution in [3.8, 4) is 0 Å². The van der Waals surface area contributed by atoms with Crippen LogP contribution in [0.5, 0.6) is 0 Å². The maximum absolute atomic E-state index is 12.2. The van der Waals surface area contributed by atoms with E-state index < -0.39 is 17.3 Å². The third-order valence-corrected chi connectivity index (χ3v) is 4.07. The molecule has 17 heavy (non-hydrogen) atoms. The first kappa shape index (κ1) is 14.0. The van der Waals surface area contributed by atoms with Crippen LogP contribution in [-0.4, -0.2) is 35.0 Å². The molecule has 4 nitrogen and oxygen atoms in total. The van der Waals surface area contributed by atoms with Crippen LogP contribution in [0.3, 0.4) is 0 Å². The fraction of sp³-hybridized carbons (Fsp3) is 0.846. The fourth-order valence-electron chi connectivity index (χ4n) is 2.61. The van der Waals surface area contributed by atoms with Gasteiger partial charge in [0, 0.05) is 13.1 Å². The summed E-state index contributed by atoms with van der Waals surface area (Å²) in [5.41, 5.74) is -0.400. The van der Waals surface area contributed by atoms with Crippen molar-refractivity contribution in [2.24, 2.45) is 17.3 Å². The predicted molar refractivity (Wildman–Crippen MR) is 65.5 cm³/mol. The van der Waals surface area contributed by atoms with Gasteiger partial charge in [0.15, 0.2) is 0 Å². The van der Waals surface area contributed by atoms with E-state index in [4.69, 9.17) is 5.11 Å². The molecule has 1 unspecified atom stereocenters. The maximum Gasteiger partial charge on any atom is 0.307 e. The molecular weight excluding hydrogens is 218 g/mol. The monoisotopic (exact) mass is 241 g/mol. The van der Waals surface area contributed by atoms with Crippen molar-refractivity contribution in [3.63, 3.8) is 0 Å². The first-order valence-electron chi connectivity index (χ1n) is 6.24. The van der Waals surface area contributed by atoms with Crippen molar-refractivity contribution in [1.82, 2.24) is 4.90 Å². The second-order valence-corrected chi connectivity index (χ2v) is 5.70. The molecule has 1 saturated carbocycles. The van der Waals surface area contributed by atoms with Crippen LogP contribution in [0.15, 0.2) is 0 Å². The number of carboxylic acid groups (broad SMARTS) is 1. The molecule has 4 heteroatoms. The van der Waals surface area contributed by atoms with Crippen LogP contribution in [-0.2, 0) is 9.59 Å². The Labute approximate surface area is 103 Å². The molecule has 1 aliphatic carbocycles. The molecule has 0 aromatic rings. The van der Waals surface area contributed by atoms with E-state index in [-0.39, 0.29) is 17.9 Å². The first-order chi connectivity index (χ1) is 7.75. The molecule has 1 aliphatic rings. The van der Waals surface area contributed by atoms with E-state index in [1.165, 1.54) is 0 Å². The lowest BCUT2D eigenvalue weighted by Crippen LogP contribution is -2.37. The molecule has 1 N–H and O–H groups in total. The smallest absolute Gasteiger partial charge is 0.307 e. The fourth-order valence-corrected chi connectivity index (χ4v) is 2.61. The van der Waals surface area contributed by atoms with E-state index in [1.54, 1.807) is 11.9 Å². The molecule has 3 atom stereocenters. The number of carbonyl (C=O) groups is 2. The zero-order valence-electron chi connectivity index (χ0n) is 11.4. The molecule has 98 valence electrons. The van der Waals surface area contributed by atoms with Gasteiger partial charge in [-0.25, -0.2) is 0 Å². The minimum absolute atomic E-state index is 0.0247. The third kappa shape index (κ3) is 2.45. The third-order valence-electron chi connectivity index (χ3n) is 4.07. The quantitative estimate of drug-likeness (QED) is 0.800. The Morgan fingerprint density at radius 2 is 1.88 bits per heavy atom. The summed E-state index contributed by atoms with van der Waals surface area (Å²) in [6.45, 7) is 7.79. The van der Waals surface area contributed by atoms with Gasteiger partial charge in [-0.05, 0) is 18.8 Å². The van der Waals surface area contributed by atoms with Gasteiger partial charge in [0.25, 0.3) is 0 Å². The minimum atomic E-state index is -0.857. The number of hydrogen-bond acceptors (Lipinski definition) is 2. The number of hydrogen-bond donors (Lipinski definition) is 1. The number of carboxylic acids is 1. The van der Waals surface area contributed by atoms with Crippen LogP contribution in [0.4, 0.5) is 0 Å². The second-order valence-electron chi connectivity index (χ2n) is 5.70. The van der Waals surface area contributed by atoms with E-state index in [9.17, 15) is 9.59 Å². The average Bonchev–Trinajstić information content (AvgIpc) is 2.80. The number of carbonyl (C=O) groups excluding carboxylic acids is 1. The van der Waals surface area contributed by atoms with Gasteiger partial charge in [0.2, 0.25) is 5.91 Å². The van der Waals surface area contributed by atoms with E-state index in [2.05, 4.69) is 6.92 Å². The molecule has 0 aromatic heterocycles. The zero-order chi connectivity index (χ0) is 13.4. The number of aliphatic carboxylic acids is 1. The highest BCUT2D eigenvalue weighted by molar-refractivity contribution is 5.91. The summed E-state index contributed by atoms with van der Waals surface area (Å²) in [6.07, 6.45) is 1.97. The molecule has 1 fully saturated rings. The molecule has 0 bridgehead atoms. The van der Waals surface area contributed by atoms with Crippen molar-refractivity contribution in [2.75, 3.05) is 7.05 Å². The molecule has 0 saturated heterocycles. The summed E-state index contributed by atoms with van der Waals surface area (Å²) < 4.78 is 0. The lowest BCUT2D eigenvalue weighted by atomic mass is 10.1. The zero-order valence-corrected chi connectivity index (χ0v) is 11.4. The van der Waals surface area contributed by atoms with Gasteiger partial charge in [-0.2, -0.15) is 0 Å². The van der Waals surface area contributed by atoms with E-state index in [0.29, 0.717) is 0 Å². The minimum Gasteiger partial charge on any atom is -0.481 e. The molecule has 0 radical (unpaired) electrons. The highest BCUT2D eigenvalue weighted by Gasteiger charge is 2.66. The summed E-state index contributed by atoms with van der Waals surface area (Å²) in [5.74, 6) is -1.76. The number of amides is 1. The summed E-state index contributed by atoms with van der Waals surface area (Å²) in [4.78, 5) is 25.0. The van der Waals surface area contributed by atoms with Gasteiger partial charge in [0.05, 0.1) is 11.8 Å². The Balaban J connectivity index is 2.69. The van der Waals surface area contributed by atoms with Crippen molar-refractivity contribution in [1.29, 1.82) is 0 Å². The van der Waals surface area contributed by atoms with Crippen LogP contribution in [0.1, 0.15) is 40.5 Å². The van der Waals surface area contributed by atoms with Gasteiger partial charge >= 0.3 is 5.97 Å². The van der Waals surface area contributed by atoms with Crippen molar-refractivity contribution < 1.29 is 14.7 Å².